The van der Waals surface area contributed by atoms with Gasteiger partial charge >= 0.3 is 0 Å². The summed E-state index contributed by atoms with van der Waals surface area (Å²) >= 11 is 0. The van der Waals surface area contributed by atoms with Gasteiger partial charge in [0.15, 0.2) is 0 Å². The molecule has 0 atom stereocenters. The van der Waals surface area contributed by atoms with E-state index in [1.54, 1.807) is 6.20 Å². The first-order valence-electron chi connectivity index (χ1n) is 6.81. The van der Waals surface area contributed by atoms with E-state index < -0.39 is 0 Å². The zero-order valence-electron chi connectivity index (χ0n) is 10.9. The highest BCUT2D eigenvalue weighted by atomic mass is 16.3. The van der Waals surface area contributed by atoms with Gasteiger partial charge in [0.1, 0.15) is 0 Å². The molecule has 0 bridgehead atoms. The molecule has 1 heterocycles. The third-order valence-electron chi connectivity index (χ3n) is 3.99. The van der Waals surface area contributed by atoms with E-state index in [0.717, 1.165) is 22.1 Å². The largest absolute Gasteiger partial charge is 0.398 e. The summed E-state index contributed by atoms with van der Waals surface area (Å²) in [6, 6.07) is 6.49. The molecule has 1 aliphatic carbocycles. The molecule has 4 heteroatoms. The molecule has 4 nitrogen and oxygen atoms in total. The number of nitrogens with two attached hydrogens (primary N) is 1. The van der Waals surface area contributed by atoms with Crippen LogP contribution in [0.1, 0.15) is 19.3 Å². The summed E-state index contributed by atoms with van der Waals surface area (Å²) in [5, 5.41) is 11.4. The number of rotatable bonds is 4. The molecular weight excluding hydrogens is 238 g/mol. The van der Waals surface area contributed by atoms with Crippen molar-refractivity contribution in [2.24, 2.45) is 0 Å². The predicted molar refractivity (Wildman–Crippen MR) is 78.2 cm³/mol. The molecule has 1 aromatic heterocycles. The molecule has 3 N–H and O–H groups in total. The molecule has 100 valence electrons. The Kier molecular flexibility index (Phi) is 3.25. The SMILES string of the molecule is Nc1ccc(N(CCO)C2CCC2)c2cnccc12. The summed E-state index contributed by atoms with van der Waals surface area (Å²) in [6.07, 6.45) is 7.31. The van der Waals surface area contributed by atoms with Crippen molar-refractivity contribution in [2.45, 2.75) is 25.3 Å². The summed E-state index contributed by atoms with van der Waals surface area (Å²) in [6.45, 7) is 0.835. The van der Waals surface area contributed by atoms with Crippen LogP contribution in [-0.4, -0.2) is 29.3 Å². The summed E-state index contributed by atoms with van der Waals surface area (Å²) < 4.78 is 0. The van der Waals surface area contributed by atoms with Crippen LogP contribution in [0, 0.1) is 0 Å². The van der Waals surface area contributed by atoms with Crippen LogP contribution in [0.2, 0.25) is 0 Å². The lowest BCUT2D eigenvalue weighted by atomic mass is 9.90. The number of fused-ring (bicyclic) bond motifs is 1. The minimum absolute atomic E-state index is 0.169. The highest BCUT2D eigenvalue weighted by molar-refractivity contribution is 6.00. The summed E-state index contributed by atoms with van der Waals surface area (Å²) in [7, 11) is 0. The highest BCUT2D eigenvalue weighted by Crippen LogP contribution is 2.35. The number of nitrogens with zero attached hydrogens (tertiary/aromatic N) is 2. The first-order valence-corrected chi connectivity index (χ1v) is 6.81. The molecular formula is C15H19N3O. The van der Waals surface area contributed by atoms with E-state index in [1.165, 1.54) is 19.3 Å². The maximum Gasteiger partial charge on any atom is 0.0606 e. The Labute approximate surface area is 112 Å². The lowest BCUT2D eigenvalue weighted by Gasteiger charge is -2.39. The average Bonchev–Trinajstić information content (AvgIpc) is 2.37. The lowest BCUT2D eigenvalue weighted by molar-refractivity contribution is 0.284. The Balaban J connectivity index is 2.09. The van der Waals surface area contributed by atoms with Crippen LogP contribution in [0.15, 0.2) is 30.6 Å². The summed E-state index contributed by atoms with van der Waals surface area (Å²) in [4.78, 5) is 6.51. The number of aromatic nitrogens is 1. The van der Waals surface area contributed by atoms with Gasteiger partial charge in [0, 0.05) is 47.1 Å². The molecule has 1 aliphatic rings. The van der Waals surface area contributed by atoms with Gasteiger partial charge in [-0.2, -0.15) is 0 Å². The second-order valence-corrected chi connectivity index (χ2v) is 5.10. The van der Waals surface area contributed by atoms with Crippen LogP contribution in [0.4, 0.5) is 11.4 Å². The lowest BCUT2D eigenvalue weighted by Crippen LogP contribution is -2.42. The van der Waals surface area contributed by atoms with E-state index in [2.05, 4.69) is 9.88 Å². The zero-order chi connectivity index (χ0) is 13.2. The van der Waals surface area contributed by atoms with Crippen LogP contribution < -0.4 is 10.6 Å². The van der Waals surface area contributed by atoms with Gasteiger partial charge in [-0.05, 0) is 37.5 Å². The first kappa shape index (κ1) is 12.2. The summed E-state index contributed by atoms with van der Waals surface area (Å²) in [5.41, 5.74) is 7.94. The number of aliphatic hydroxyl groups excluding tert-OH is 1. The third-order valence-corrected chi connectivity index (χ3v) is 3.99. The Morgan fingerprint density at radius 2 is 2.11 bits per heavy atom. The van der Waals surface area contributed by atoms with Crippen molar-refractivity contribution >= 4 is 22.1 Å². The Morgan fingerprint density at radius 3 is 2.79 bits per heavy atom. The van der Waals surface area contributed by atoms with Gasteiger partial charge < -0.3 is 15.7 Å². The molecule has 0 amide bonds. The number of hydrogen-bond donors (Lipinski definition) is 2. The minimum Gasteiger partial charge on any atom is -0.398 e. The molecule has 1 fully saturated rings. The average molecular weight is 257 g/mol. The quantitative estimate of drug-likeness (QED) is 0.824. The summed E-state index contributed by atoms with van der Waals surface area (Å²) in [5.74, 6) is 0. The first-order chi connectivity index (χ1) is 9.31. The van der Waals surface area contributed by atoms with Gasteiger partial charge in [-0.15, -0.1) is 0 Å². The van der Waals surface area contributed by atoms with Crippen molar-refractivity contribution in [3.63, 3.8) is 0 Å². The smallest absolute Gasteiger partial charge is 0.0606 e. The van der Waals surface area contributed by atoms with Crippen molar-refractivity contribution in [2.75, 3.05) is 23.8 Å². The molecule has 0 aliphatic heterocycles. The number of aliphatic hydroxyl groups is 1. The maximum atomic E-state index is 9.31. The van der Waals surface area contributed by atoms with Crippen molar-refractivity contribution in [3.05, 3.63) is 30.6 Å². The number of anilines is 2. The minimum atomic E-state index is 0.169. The molecule has 0 saturated heterocycles. The molecule has 0 unspecified atom stereocenters. The number of hydrogen-bond acceptors (Lipinski definition) is 4. The third kappa shape index (κ3) is 2.12. The monoisotopic (exact) mass is 257 g/mol. The van der Waals surface area contributed by atoms with E-state index >= 15 is 0 Å². The zero-order valence-corrected chi connectivity index (χ0v) is 10.9. The van der Waals surface area contributed by atoms with Crippen molar-refractivity contribution < 1.29 is 5.11 Å². The van der Waals surface area contributed by atoms with Crippen LogP contribution in [-0.2, 0) is 0 Å². The second-order valence-electron chi connectivity index (χ2n) is 5.10. The van der Waals surface area contributed by atoms with Gasteiger partial charge in [-0.3, -0.25) is 4.98 Å². The fraction of sp³-hybridized carbons (Fsp3) is 0.400. The van der Waals surface area contributed by atoms with E-state index in [0.29, 0.717) is 12.6 Å². The number of nitrogen functional groups attached to an aromatic ring is 1. The van der Waals surface area contributed by atoms with Crippen LogP contribution in [0.25, 0.3) is 10.8 Å². The van der Waals surface area contributed by atoms with E-state index in [-0.39, 0.29) is 6.61 Å². The maximum absolute atomic E-state index is 9.31. The molecule has 0 radical (unpaired) electrons. The van der Waals surface area contributed by atoms with Crippen molar-refractivity contribution in [1.82, 2.24) is 4.98 Å². The normalized spacial score (nSPS) is 15.4. The van der Waals surface area contributed by atoms with E-state index in [9.17, 15) is 5.11 Å². The van der Waals surface area contributed by atoms with Gasteiger partial charge in [0.05, 0.1) is 6.61 Å². The van der Waals surface area contributed by atoms with Crippen LogP contribution in [0.5, 0.6) is 0 Å². The fourth-order valence-electron chi connectivity index (χ4n) is 2.75. The van der Waals surface area contributed by atoms with Gasteiger partial charge in [0.25, 0.3) is 0 Å². The fourth-order valence-corrected chi connectivity index (χ4v) is 2.75. The predicted octanol–water partition coefficient (Wildman–Crippen LogP) is 2.17. The Morgan fingerprint density at radius 1 is 1.26 bits per heavy atom. The van der Waals surface area contributed by atoms with Crippen LogP contribution in [0.3, 0.4) is 0 Å². The Bertz CT molecular complexity index is 581. The highest BCUT2D eigenvalue weighted by Gasteiger charge is 2.26. The Hall–Kier alpha value is -1.81. The van der Waals surface area contributed by atoms with Gasteiger partial charge in [0.2, 0.25) is 0 Å². The van der Waals surface area contributed by atoms with E-state index in [4.69, 9.17) is 5.73 Å². The van der Waals surface area contributed by atoms with E-state index in [1.807, 2.05) is 24.4 Å². The van der Waals surface area contributed by atoms with Crippen molar-refractivity contribution in [1.29, 1.82) is 0 Å². The van der Waals surface area contributed by atoms with Crippen molar-refractivity contribution in [3.8, 4) is 0 Å². The number of pyridine rings is 1. The molecule has 2 aromatic rings. The standard InChI is InChI=1S/C15H19N3O/c16-14-4-5-15(13-10-17-7-6-12(13)14)18(8-9-19)11-2-1-3-11/h4-7,10-11,19H,1-3,8-9,16H2. The van der Waals surface area contributed by atoms with Gasteiger partial charge in [-0.1, -0.05) is 0 Å². The number of benzene rings is 1. The van der Waals surface area contributed by atoms with Crippen LogP contribution >= 0.6 is 0 Å². The topological polar surface area (TPSA) is 62.4 Å². The molecule has 19 heavy (non-hydrogen) atoms. The molecule has 0 spiro atoms. The molecule has 3 rings (SSSR count). The van der Waals surface area contributed by atoms with Gasteiger partial charge in [-0.25, -0.2) is 0 Å². The second kappa shape index (κ2) is 5.05. The molecule has 1 saturated carbocycles. The molecule has 1 aromatic carbocycles.